The van der Waals surface area contributed by atoms with Gasteiger partial charge in [-0.1, -0.05) is 36.7 Å². The molecule has 0 spiro atoms. The highest BCUT2D eigenvalue weighted by Gasteiger charge is 2.20. The Morgan fingerprint density at radius 3 is 2.67 bits per heavy atom. The number of carbonyl (C=O) groups excluding carboxylic acids is 2. The van der Waals surface area contributed by atoms with Gasteiger partial charge >= 0.3 is 0 Å². The Labute approximate surface area is 145 Å². The standard InChI is InChI=1S/C17H20ClN3O3/c1-11(2)9-21(17(23)13-5-4-6-14(18)8-13)10-16(22)19-15-7-12(3)24-20-15/h4-8,11H,9-10H2,1-3H3,(H,19,20,22). The van der Waals surface area contributed by atoms with E-state index in [1.165, 1.54) is 4.90 Å². The highest BCUT2D eigenvalue weighted by Crippen LogP contribution is 2.14. The molecule has 0 saturated carbocycles. The van der Waals surface area contributed by atoms with Crippen molar-refractivity contribution in [1.29, 1.82) is 0 Å². The number of halogens is 1. The molecule has 2 amide bonds. The number of nitrogens with zero attached hydrogens (tertiary/aromatic N) is 2. The van der Waals surface area contributed by atoms with Crippen molar-refractivity contribution in [2.75, 3.05) is 18.4 Å². The topological polar surface area (TPSA) is 75.4 Å². The number of hydrogen-bond donors (Lipinski definition) is 1. The van der Waals surface area contributed by atoms with Gasteiger partial charge in [-0.15, -0.1) is 0 Å². The van der Waals surface area contributed by atoms with Crippen LogP contribution in [0.2, 0.25) is 5.02 Å². The smallest absolute Gasteiger partial charge is 0.254 e. The summed E-state index contributed by atoms with van der Waals surface area (Å²) < 4.78 is 4.90. The number of nitrogens with one attached hydrogen (secondary N) is 1. The summed E-state index contributed by atoms with van der Waals surface area (Å²) in [4.78, 5) is 26.4. The Hall–Kier alpha value is -2.34. The van der Waals surface area contributed by atoms with Crippen molar-refractivity contribution in [2.45, 2.75) is 20.8 Å². The van der Waals surface area contributed by atoms with Crippen LogP contribution in [-0.4, -0.2) is 35.0 Å². The molecule has 0 saturated heterocycles. The van der Waals surface area contributed by atoms with Crippen molar-refractivity contribution < 1.29 is 14.1 Å². The molecule has 0 fully saturated rings. The van der Waals surface area contributed by atoms with Gasteiger partial charge < -0.3 is 14.7 Å². The first-order valence-corrected chi connectivity index (χ1v) is 8.01. The van der Waals surface area contributed by atoms with E-state index < -0.39 is 0 Å². The maximum atomic E-state index is 12.7. The zero-order valence-electron chi connectivity index (χ0n) is 13.9. The van der Waals surface area contributed by atoms with E-state index in [2.05, 4.69) is 10.5 Å². The third kappa shape index (κ3) is 5.09. The van der Waals surface area contributed by atoms with E-state index >= 15 is 0 Å². The zero-order valence-corrected chi connectivity index (χ0v) is 14.6. The van der Waals surface area contributed by atoms with Gasteiger partial charge in [0.15, 0.2) is 5.82 Å². The molecule has 0 atom stereocenters. The average molecular weight is 350 g/mol. The first-order chi connectivity index (χ1) is 11.3. The van der Waals surface area contributed by atoms with E-state index in [-0.39, 0.29) is 24.3 Å². The van der Waals surface area contributed by atoms with Crippen LogP contribution in [-0.2, 0) is 4.79 Å². The lowest BCUT2D eigenvalue weighted by atomic mass is 10.1. The number of aryl methyl sites for hydroxylation is 1. The molecule has 0 unspecified atom stereocenters. The predicted molar refractivity (Wildman–Crippen MR) is 92.1 cm³/mol. The van der Waals surface area contributed by atoms with Gasteiger partial charge in [0.05, 0.1) is 0 Å². The monoisotopic (exact) mass is 349 g/mol. The van der Waals surface area contributed by atoms with Crippen molar-refractivity contribution in [3.8, 4) is 0 Å². The minimum atomic E-state index is -0.334. The molecule has 24 heavy (non-hydrogen) atoms. The second-order valence-corrected chi connectivity index (χ2v) is 6.40. The molecule has 2 aromatic rings. The van der Waals surface area contributed by atoms with Crippen LogP contribution in [0.15, 0.2) is 34.9 Å². The van der Waals surface area contributed by atoms with Gasteiger partial charge in [-0.3, -0.25) is 9.59 Å². The molecule has 1 aromatic heterocycles. The Morgan fingerprint density at radius 1 is 1.33 bits per heavy atom. The SMILES string of the molecule is Cc1cc(NC(=O)CN(CC(C)C)C(=O)c2cccc(Cl)c2)no1. The summed E-state index contributed by atoms with van der Waals surface area (Å²) in [6, 6.07) is 8.30. The van der Waals surface area contributed by atoms with Gasteiger partial charge in [-0.05, 0) is 31.0 Å². The Kier molecular flexibility index (Phi) is 5.98. The van der Waals surface area contributed by atoms with E-state index in [1.54, 1.807) is 37.3 Å². The molecular weight excluding hydrogens is 330 g/mol. The normalized spacial score (nSPS) is 10.7. The lowest BCUT2D eigenvalue weighted by Gasteiger charge is -2.24. The van der Waals surface area contributed by atoms with Crippen LogP contribution >= 0.6 is 11.6 Å². The van der Waals surface area contributed by atoms with Crippen molar-refractivity contribution in [2.24, 2.45) is 5.92 Å². The molecule has 0 aliphatic rings. The summed E-state index contributed by atoms with van der Waals surface area (Å²) in [6.07, 6.45) is 0. The van der Waals surface area contributed by atoms with Gasteiger partial charge in [0.25, 0.3) is 5.91 Å². The van der Waals surface area contributed by atoms with Crippen molar-refractivity contribution in [3.05, 3.63) is 46.7 Å². The van der Waals surface area contributed by atoms with Gasteiger partial charge in [-0.2, -0.15) is 0 Å². The number of benzene rings is 1. The van der Waals surface area contributed by atoms with E-state index in [4.69, 9.17) is 16.1 Å². The molecule has 0 bridgehead atoms. The van der Waals surface area contributed by atoms with E-state index in [9.17, 15) is 9.59 Å². The summed E-state index contributed by atoms with van der Waals surface area (Å²) in [5.74, 6) is 0.573. The summed E-state index contributed by atoms with van der Waals surface area (Å²) in [6.45, 7) is 6.08. The van der Waals surface area contributed by atoms with E-state index in [0.717, 1.165) is 0 Å². The Balaban J connectivity index is 2.09. The summed E-state index contributed by atoms with van der Waals surface area (Å²) >= 11 is 5.95. The van der Waals surface area contributed by atoms with Crippen molar-refractivity contribution in [1.82, 2.24) is 10.1 Å². The molecule has 0 aliphatic heterocycles. The minimum Gasteiger partial charge on any atom is -0.360 e. The van der Waals surface area contributed by atoms with Crippen LogP contribution in [0, 0.1) is 12.8 Å². The Morgan fingerprint density at radius 2 is 2.08 bits per heavy atom. The highest BCUT2D eigenvalue weighted by molar-refractivity contribution is 6.31. The lowest BCUT2D eigenvalue weighted by molar-refractivity contribution is -0.117. The second-order valence-electron chi connectivity index (χ2n) is 5.96. The number of carbonyl (C=O) groups is 2. The summed E-state index contributed by atoms with van der Waals surface area (Å²) in [7, 11) is 0. The molecule has 6 nitrogen and oxygen atoms in total. The average Bonchev–Trinajstić information content (AvgIpc) is 2.90. The number of aromatic nitrogens is 1. The molecule has 0 aliphatic carbocycles. The van der Waals surface area contributed by atoms with E-state index in [1.807, 2.05) is 13.8 Å². The lowest BCUT2D eigenvalue weighted by Crippen LogP contribution is -2.40. The van der Waals surface area contributed by atoms with Crippen LogP contribution in [0.25, 0.3) is 0 Å². The quantitative estimate of drug-likeness (QED) is 0.867. The van der Waals surface area contributed by atoms with Crippen LogP contribution in [0.4, 0.5) is 5.82 Å². The third-order valence-corrected chi connectivity index (χ3v) is 3.41. The molecule has 2 rings (SSSR count). The minimum absolute atomic E-state index is 0.0740. The zero-order chi connectivity index (χ0) is 17.7. The molecule has 1 aromatic carbocycles. The summed E-state index contributed by atoms with van der Waals surface area (Å²) in [5, 5.41) is 6.81. The number of rotatable bonds is 6. The fourth-order valence-electron chi connectivity index (χ4n) is 2.25. The molecule has 1 N–H and O–H groups in total. The number of anilines is 1. The van der Waals surface area contributed by atoms with Crippen LogP contribution < -0.4 is 5.32 Å². The predicted octanol–water partition coefficient (Wildman–Crippen LogP) is 3.37. The molecule has 1 heterocycles. The highest BCUT2D eigenvalue weighted by atomic mass is 35.5. The van der Waals surface area contributed by atoms with Gasteiger partial charge in [0.2, 0.25) is 5.91 Å². The van der Waals surface area contributed by atoms with E-state index in [0.29, 0.717) is 28.7 Å². The third-order valence-electron chi connectivity index (χ3n) is 3.17. The fourth-order valence-corrected chi connectivity index (χ4v) is 2.44. The second kappa shape index (κ2) is 7.97. The van der Waals surface area contributed by atoms with Crippen LogP contribution in [0.1, 0.15) is 30.0 Å². The van der Waals surface area contributed by atoms with Gasteiger partial charge in [-0.25, -0.2) is 0 Å². The van der Waals surface area contributed by atoms with Crippen molar-refractivity contribution in [3.63, 3.8) is 0 Å². The Bertz CT molecular complexity index is 727. The van der Waals surface area contributed by atoms with Gasteiger partial charge in [0, 0.05) is 23.2 Å². The fraction of sp³-hybridized carbons (Fsp3) is 0.353. The molecule has 128 valence electrons. The number of amides is 2. The van der Waals surface area contributed by atoms with Crippen LogP contribution in [0.3, 0.4) is 0 Å². The molecule has 7 heteroatoms. The van der Waals surface area contributed by atoms with Crippen molar-refractivity contribution >= 4 is 29.2 Å². The first-order valence-electron chi connectivity index (χ1n) is 7.63. The molecule has 0 radical (unpaired) electrons. The largest absolute Gasteiger partial charge is 0.360 e. The maximum Gasteiger partial charge on any atom is 0.254 e. The number of hydrogen-bond acceptors (Lipinski definition) is 4. The summed E-state index contributed by atoms with van der Waals surface area (Å²) in [5.41, 5.74) is 0.452. The molecular formula is C17H20ClN3O3. The van der Waals surface area contributed by atoms with Crippen LogP contribution in [0.5, 0.6) is 0 Å². The first kappa shape index (κ1) is 18.0. The van der Waals surface area contributed by atoms with Gasteiger partial charge in [0.1, 0.15) is 12.3 Å². The maximum absolute atomic E-state index is 12.7.